The summed E-state index contributed by atoms with van der Waals surface area (Å²) < 4.78 is 0. The number of hydrogen-bond donors (Lipinski definition) is 2. The summed E-state index contributed by atoms with van der Waals surface area (Å²) in [5.41, 5.74) is 1.76. The maximum atomic E-state index is 11.5. The summed E-state index contributed by atoms with van der Waals surface area (Å²) in [5.74, 6) is -0.0233. The molecule has 1 amide bonds. The van der Waals surface area contributed by atoms with Crippen LogP contribution in [0.1, 0.15) is 38.1 Å². The standard InChI is InChI=1S/C13H20N2O/c1-5-14-12(16)10-6-8-11(9-7-10)15-13(2,3)4/h6-9,15H,5H2,1-4H3,(H,14,16). The number of anilines is 1. The van der Waals surface area contributed by atoms with Gasteiger partial charge in [-0.05, 0) is 52.0 Å². The largest absolute Gasteiger partial charge is 0.380 e. The topological polar surface area (TPSA) is 41.1 Å². The van der Waals surface area contributed by atoms with Crippen molar-refractivity contribution in [2.45, 2.75) is 33.2 Å². The molecule has 0 heterocycles. The molecule has 0 saturated carbocycles. The van der Waals surface area contributed by atoms with Crippen molar-refractivity contribution >= 4 is 11.6 Å². The highest BCUT2D eigenvalue weighted by Crippen LogP contribution is 2.15. The molecule has 0 aliphatic heterocycles. The van der Waals surface area contributed by atoms with Gasteiger partial charge >= 0.3 is 0 Å². The van der Waals surface area contributed by atoms with Crippen molar-refractivity contribution in [3.05, 3.63) is 29.8 Å². The second-order valence-corrected chi connectivity index (χ2v) is 4.81. The van der Waals surface area contributed by atoms with E-state index in [0.717, 1.165) is 5.69 Å². The summed E-state index contributed by atoms with van der Waals surface area (Å²) in [5, 5.41) is 6.12. The van der Waals surface area contributed by atoms with Gasteiger partial charge in [0.2, 0.25) is 0 Å². The van der Waals surface area contributed by atoms with E-state index < -0.39 is 0 Å². The van der Waals surface area contributed by atoms with Gasteiger partial charge in [0, 0.05) is 23.3 Å². The van der Waals surface area contributed by atoms with Crippen molar-refractivity contribution in [2.24, 2.45) is 0 Å². The second-order valence-electron chi connectivity index (χ2n) is 4.81. The molecule has 0 atom stereocenters. The molecule has 1 aromatic carbocycles. The fourth-order valence-electron chi connectivity index (χ4n) is 1.40. The lowest BCUT2D eigenvalue weighted by Gasteiger charge is -2.22. The van der Waals surface area contributed by atoms with E-state index in [1.54, 1.807) is 0 Å². The summed E-state index contributed by atoms with van der Waals surface area (Å²) in [7, 11) is 0. The van der Waals surface area contributed by atoms with Gasteiger partial charge in [-0.2, -0.15) is 0 Å². The van der Waals surface area contributed by atoms with Crippen molar-refractivity contribution < 1.29 is 4.79 Å². The normalized spacial score (nSPS) is 11.0. The molecule has 0 fully saturated rings. The van der Waals surface area contributed by atoms with Gasteiger partial charge in [0.15, 0.2) is 0 Å². The maximum Gasteiger partial charge on any atom is 0.251 e. The molecule has 0 bridgehead atoms. The van der Waals surface area contributed by atoms with Crippen LogP contribution in [0.15, 0.2) is 24.3 Å². The second kappa shape index (κ2) is 5.01. The Kier molecular flexibility index (Phi) is 3.93. The fourth-order valence-corrected chi connectivity index (χ4v) is 1.40. The molecule has 1 aromatic rings. The van der Waals surface area contributed by atoms with Crippen LogP contribution in [0.25, 0.3) is 0 Å². The summed E-state index contributed by atoms with van der Waals surface area (Å²) in [4.78, 5) is 11.5. The van der Waals surface area contributed by atoms with Gasteiger partial charge in [-0.3, -0.25) is 4.79 Å². The molecule has 0 aromatic heterocycles. The lowest BCUT2D eigenvalue weighted by molar-refractivity contribution is 0.0956. The smallest absolute Gasteiger partial charge is 0.251 e. The van der Waals surface area contributed by atoms with Crippen molar-refractivity contribution in [1.82, 2.24) is 5.32 Å². The van der Waals surface area contributed by atoms with E-state index >= 15 is 0 Å². The zero-order valence-corrected chi connectivity index (χ0v) is 10.4. The molecule has 0 aliphatic rings. The van der Waals surface area contributed by atoms with Gasteiger partial charge in [-0.25, -0.2) is 0 Å². The number of nitrogens with one attached hydrogen (secondary N) is 2. The van der Waals surface area contributed by atoms with Crippen LogP contribution < -0.4 is 10.6 Å². The highest BCUT2D eigenvalue weighted by molar-refractivity contribution is 5.94. The third-order valence-electron chi connectivity index (χ3n) is 2.00. The van der Waals surface area contributed by atoms with Gasteiger partial charge in [-0.1, -0.05) is 0 Å². The van der Waals surface area contributed by atoms with Crippen LogP contribution in [0.4, 0.5) is 5.69 Å². The molecular formula is C13H20N2O. The first-order valence-corrected chi connectivity index (χ1v) is 5.59. The van der Waals surface area contributed by atoms with Crippen molar-refractivity contribution in [2.75, 3.05) is 11.9 Å². The molecule has 3 nitrogen and oxygen atoms in total. The van der Waals surface area contributed by atoms with Crippen molar-refractivity contribution in [1.29, 1.82) is 0 Å². The van der Waals surface area contributed by atoms with E-state index in [1.807, 2.05) is 31.2 Å². The monoisotopic (exact) mass is 220 g/mol. The van der Waals surface area contributed by atoms with Crippen LogP contribution in [0.3, 0.4) is 0 Å². The Morgan fingerprint density at radius 1 is 1.19 bits per heavy atom. The number of rotatable bonds is 3. The summed E-state index contributed by atoms with van der Waals surface area (Å²) >= 11 is 0. The Labute approximate surface area is 97.2 Å². The fraction of sp³-hybridized carbons (Fsp3) is 0.462. The molecule has 0 aliphatic carbocycles. The quantitative estimate of drug-likeness (QED) is 0.822. The molecule has 88 valence electrons. The molecule has 0 spiro atoms. The van der Waals surface area contributed by atoms with Gasteiger partial charge in [0.1, 0.15) is 0 Å². The Morgan fingerprint density at radius 3 is 2.19 bits per heavy atom. The van der Waals surface area contributed by atoms with E-state index in [2.05, 4.69) is 31.4 Å². The molecule has 1 rings (SSSR count). The first kappa shape index (κ1) is 12.6. The van der Waals surface area contributed by atoms with Crippen LogP contribution in [0.2, 0.25) is 0 Å². The van der Waals surface area contributed by atoms with Crippen LogP contribution in [-0.4, -0.2) is 18.0 Å². The number of hydrogen-bond acceptors (Lipinski definition) is 2. The van der Waals surface area contributed by atoms with Gasteiger partial charge in [0.25, 0.3) is 5.91 Å². The van der Waals surface area contributed by atoms with E-state index in [1.165, 1.54) is 0 Å². The minimum atomic E-state index is -0.0233. The van der Waals surface area contributed by atoms with E-state index in [0.29, 0.717) is 12.1 Å². The molecule has 0 radical (unpaired) electrons. The lowest BCUT2D eigenvalue weighted by atomic mass is 10.1. The Hall–Kier alpha value is -1.51. The molecule has 0 unspecified atom stereocenters. The summed E-state index contributed by atoms with van der Waals surface area (Å²) in [6.45, 7) is 8.87. The molecule has 16 heavy (non-hydrogen) atoms. The SMILES string of the molecule is CCNC(=O)c1ccc(NC(C)(C)C)cc1. The molecule has 2 N–H and O–H groups in total. The maximum absolute atomic E-state index is 11.5. The predicted molar refractivity (Wildman–Crippen MR) is 67.8 cm³/mol. The number of benzene rings is 1. The first-order chi connectivity index (χ1) is 7.42. The third-order valence-corrected chi connectivity index (χ3v) is 2.00. The third kappa shape index (κ3) is 3.93. The summed E-state index contributed by atoms with van der Waals surface area (Å²) in [6.07, 6.45) is 0. The number of carbonyl (C=O) groups excluding carboxylic acids is 1. The minimum Gasteiger partial charge on any atom is -0.380 e. The van der Waals surface area contributed by atoms with E-state index in [-0.39, 0.29) is 11.4 Å². The van der Waals surface area contributed by atoms with E-state index in [4.69, 9.17) is 0 Å². The summed E-state index contributed by atoms with van der Waals surface area (Å²) in [6, 6.07) is 7.52. The van der Waals surface area contributed by atoms with Crippen LogP contribution >= 0.6 is 0 Å². The molecular weight excluding hydrogens is 200 g/mol. The number of carbonyl (C=O) groups is 1. The van der Waals surface area contributed by atoms with Crippen LogP contribution in [0.5, 0.6) is 0 Å². The highest BCUT2D eigenvalue weighted by Gasteiger charge is 2.09. The van der Waals surface area contributed by atoms with Crippen LogP contribution in [-0.2, 0) is 0 Å². The van der Waals surface area contributed by atoms with E-state index in [9.17, 15) is 4.79 Å². The Balaban J connectivity index is 2.72. The Bertz CT molecular complexity index is 349. The minimum absolute atomic E-state index is 0.0233. The predicted octanol–water partition coefficient (Wildman–Crippen LogP) is 2.65. The molecule has 0 saturated heterocycles. The van der Waals surface area contributed by atoms with Gasteiger partial charge < -0.3 is 10.6 Å². The Morgan fingerprint density at radius 2 is 1.75 bits per heavy atom. The average molecular weight is 220 g/mol. The molecule has 3 heteroatoms. The van der Waals surface area contributed by atoms with Crippen molar-refractivity contribution in [3.8, 4) is 0 Å². The van der Waals surface area contributed by atoms with Gasteiger partial charge in [-0.15, -0.1) is 0 Å². The van der Waals surface area contributed by atoms with Gasteiger partial charge in [0.05, 0.1) is 0 Å². The average Bonchev–Trinajstić information content (AvgIpc) is 2.16. The zero-order valence-electron chi connectivity index (χ0n) is 10.4. The zero-order chi connectivity index (χ0) is 12.2. The van der Waals surface area contributed by atoms with Crippen LogP contribution in [0, 0.1) is 0 Å². The number of amides is 1. The lowest BCUT2D eigenvalue weighted by Crippen LogP contribution is -2.26. The first-order valence-electron chi connectivity index (χ1n) is 5.59. The highest BCUT2D eigenvalue weighted by atomic mass is 16.1. The van der Waals surface area contributed by atoms with Crippen molar-refractivity contribution in [3.63, 3.8) is 0 Å².